The van der Waals surface area contributed by atoms with Crippen LogP contribution in [0, 0.1) is 12.8 Å². The molecule has 0 radical (unpaired) electrons. The molecule has 2 N–H and O–H groups in total. The molecule has 6 heteroatoms. The molecule has 1 rings (SSSR count). The minimum atomic E-state index is -0.550. The molecule has 2 amide bonds. The van der Waals surface area contributed by atoms with Gasteiger partial charge in [0.05, 0.1) is 12.6 Å². The molecule has 0 unspecified atom stereocenters. The van der Waals surface area contributed by atoms with Crippen molar-refractivity contribution in [1.29, 1.82) is 0 Å². The van der Waals surface area contributed by atoms with Gasteiger partial charge >= 0.3 is 12.2 Å². The second-order valence-electron chi connectivity index (χ2n) is 5.83. The third-order valence-electron chi connectivity index (χ3n) is 3.04. The number of hydrogen-bond donors (Lipinski definition) is 2. The fraction of sp³-hybridized carbons (Fsp3) is 0.529. The third-order valence-corrected chi connectivity index (χ3v) is 3.04. The molecule has 0 aliphatic heterocycles. The van der Waals surface area contributed by atoms with E-state index in [2.05, 4.69) is 10.6 Å². The Kier molecular flexibility index (Phi) is 7.94. The number of ether oxygens (including phenoxy) is 2. The normalized spacial score (nSPS) is 11.7. The molecule has 0 aliphatic rings. The van der Waals surface area contributed by atoms with E-state index in [0.717, 1.165) is 5.56 Å². The van der Waals surface area contributed by atoms with E-state index in [0.29, 0.717) is 18.7 Å². The Balaban J connectivity index is 2.35. The van der Waals surface area contributed by atoms with Crippen molar-refractivity contribution < 1.29 is 19.1 Å². The van der Waals surface area contributed by atoms with Crippen LogP contribution in [0.25, 0.3) is 0 Å². The Labute approximate surface area is 137 Å². The minimum absolute atomic E-state index is 0.0882. The number of carbonyl (C=O) groups is 2. The number of carbonyl (C=O) groups excluding carboxylic acids is 2. The first-order valence-electron chi connectivity index (χ1n) is 7.84. The minimum Gasteiger partial charge on any atom is -0.449 e. The van der Waals surface area contributed by atoms with Crippen molar-refractivity contribution in [2.45, 2.75) is 40.2 Å². The first kappa shape index (κ1) is 18.8. The van der Waals surface area contributed by atoms with Crippen LogP contribution in [0.1, 0.15) is 32.8 Å². The van der Waals surface area contributed by atoms with Crippen molar-refractivity contribution in [1.82, 2.24) is 5.32 Å². The maximum Gasteiger partial charge on any atom is 0.411 e. The van der Waals surface area contributed by atoms with Gasteiger partial charge in [-0.05, 0) is 37.0 Å². The molecule has 23 heavy (non-hydrogen) atoms. The van der Waals surface area contributed by atoms with Crippen LogP contribution in [-0.2, 0) is 9.47 Å². The van der Waals surface area contributed by atoms with Gasteiger partial charge in [-0.25, -0.2) is 9.59 Å². The third kappa shape index (κ3) is 8.09. The second kappa shape index (κ2) is 9.71. The summed E-state index contributed by atoms with van der Waals surface area (Å²) < 4.78 is 10.2. The Morgan fingerprint density at radius 2 is 1.83 bits per heavy atom. The molecule has 0 aromatic heterocycles. The molecule has 0 bridgehead atoms. The molecule has 0 aliphatic carbocycles. The lowest BCUT2D eigenvalue weighted by Crippen LogP contribution is -2.39. The summed E-state index contributed by atoms with van der Waals surface area (Å²) in [4.78, 5) is 23.4. The highest BCUT2D eigenvalue weighted by molar-refractivity contribution is 5.84. The van der Waals surface area contributed by atoms with Gasteiger partial charge in [0.15, 0.2) is 0 Å². The fourth-order valence-electron chi connectivity index (χ4n) is 1.77. The first-order chi connectivity index (χ1) is 10.9. The molecule has 0 saturated heterocycles. The van der Waals surface area contributed by atoms with Gasteiger partial charge in [0, 0.05) is 5.69 Å². The lowest BCUT2D eigenvalue weighted by atomic mass is 10.2. The van der Waals surface area contributed by atoms with Gasteiger partial charge in [-0.2, -0.15) is 0 Å². The number of nitrogens with one attached hydrogen (secondary N) is 2. The smallest absolute Gasteiger partial charge is 0.411 e. The van der Waals surface area contributed by atoms with Crippen LogP contribution in [0.2, 0.25) is 0 Å². The van der Waals surface area contributed by atoms with Gasteiger partial charge in [0.1, 0.15) is 6.61 Å². The number of benzene rings is 1. The second-order valence-corrected chi connectivity index (χ2v) is 5.83. The fourth-order valence-corrected chi connectivity index (χ4v) is 1.77. The standard InChI is InChI=1S/C17H26N2O4/c1-5-14(18-16(20)22-10-12(2)3)11-23-17(21)19-15-8-6-7-13(4)9-15/h6-9,12,14H,5,10-11H2,1-4H3,(H,18,20)(H,19,21)/t14-/m0/s1. The van der Waals surface area contributed by atoms with Crippen molar-refractivity contribution in [2.24, 2.45) is 5.92 Å². The van der Waals surface area contributed by atoms with Crippen molar-refractivity contribution in [3.05, 3.63) is 29.8 Å². The van der Waals surface area contributed by atoms with Crippen LogP contribution in [0.4, 0.5) is 15.3 Å². The van der Waals surface area contributed by atoms with E-state index in [4.69, 9.17) is 9.47 Å². The molecule has 1 aromatic rings. The first-order valence-corrected chi connectivity index (χ1v) is 7.84. The molecule has 6 nitrogen and oxygen atoms in total. The molecule has 0 spiro atoms. The quantitative estimate of drug-likeness (QED) is 0.802. The van der Waals surface area contributed by atoms with E-state index >= 15 is 0 Å². The molecule has 0 fully saturated rings. The lowest BCUT2D eigenvalue weighted by Gasteiger charge is -2.17. The van der Waals surface area contributed by atoms with Crippen LogP contribution in [0.5, 0.6) is 0 Å². The monoisotopic (exact) mass is 322 g/mol. The molecule has 1 atom stereocenters. The predicted molar refractivity (Wildman–Crippen MR) is 89.6 cm³/mol. The Morgan fingerprint density at radius 3 is 2.43 bits per heavy atom. The largest absolute Gasteiger partial charge is 0.449 e. The summed E-state index contributed by atoms with van der Waals surface area (Å²) in [5.41, 5.74) is 1.72. The van der Waals surface area contributed by atoms with Crippen molar-refractivity contribution in [3.8, 4) is 0 Å². The summed E-state index contributed by atoms with van der Waals surface area (Å²) in [7, 11) is 0. The molecule has 0 heterocycles. The number of hydrogen-bond acceptors (Lipinski definition) is 4. The highest BCUT2D eigenvalue weighted by Gasteiger charge is 2.14. The SMILES string of the molecule is CC[C@@H](COC(=O)Nc1cccc(C)c1)NC(=O)OCC(C)C. The summed E-state index contributed by atoms with van der Waals surface area (Å²) in [6.45, 7) is 8.21. The zero-order chi connectivity index (χ0) is 17.2. The van der Waals surface area contributed by atoms with Gasteiger partial charge in [-0.3, -0.25) is 5.32 Å². The van der Waals surface area contributed by atoms with Crippen molar-refractivity contribution in [2.75, 3.05) is 18.5 Å². The van der Waals surface area contributed by atoms with Crippen LogP contribution in [-0.4, -0.2) is 31.4 Å². The summed E-state index contributed by atoms with van der Waals surface area (Å²) >= 11 is 0. The number of amides is 2. The van der Waals surface area contributed by atoms with E-state index < -0.39 is 12.2 Å². The molecular formula is C17H26N2O4. The van der Waals surface area contributed by atoms with E-state index in [1.54, 1.807) is 6.07 Å². The van der Waals surface area contributed by atoms with E-state index in [9.17, 15) is 9.59 Å². The maximum atomic E-state index is 11.8. The zero-order valence-electron chi connectivity index (χ0n) is 14.2. The van der Waals surface area contributed by atoms with Crippen molar-refractivity contribution in [3.63, 3.8) is 0 Å². The van der Waals surface area contributed by atoms with E-state index in [1.165, 1.54) is 0 Å². The Morgan fingerprint density at radius 1 is 1.13 bits per heavy atom. The van der Waals surface area contributed by atoms with Gasteiger partial charge in [0.2, 0.25) is 0 Å². The number of anilines is 1. The molecular weight excluding hydrogens is 296 g/mol. The Hall–Kier alpha value is -2.24. The van der Waals surface area contributed by atoms with E-state index in [1.807, 2.05) is 45.9 Å². The highest BCUT2D eigenvalue weighted by Crippen LogP contribution is 2.09. The summed E-state index contributed by atoms with van der Waals surface area (Å²) in [6, 6.07) is 7.15. The summed E-state index contributed by atoms with van der Waals surface area (Å²) in [5.74, 6) is 0.275. The van der Waals surface area contributed by atoms with E-state index in [-0.39, 0.29) is 18.6 Å². The Bertz CT molecular complexity index is 517. The van der Waals surface area contributed by atoms with Crippen molar-refractivity contribution >= 4 is 17.9 Å². The molecule has 1 aromatic carbocycles. The van der Waals surface area contributed by atoms with Gasteiger partial charge in [0.25, 0.3) is 0 Å². The lowest BCUT2D eigenvalue weighted by molar-refractivity contribution is 0.116. The summed E-state index contributed by atoms with van der Waals surface area (Å²) in [6.07, 6.45) is -0.409. The number of alkyl carbamates (subject to hydrolysis) is 1. The number of rotatable bonds is 7. The van der Waals surface area contributed by atoms with Crippen LogP contribution >= 0.6 is 0 Å². The highest BCUT2D eigenvalue weighted by atomic mass is 16.6. The average molecular weight is 322 g/mol. The van der Waals surface area contributed by atoms with Gasteiger partial charge in [-0.15, -0.1) is 0 Å². The van der Waals surface area contributed by atoms with Crippen LogP contribution in [0.3, 0.4) is 0 Å². The summed E-state index contributed by atoms with van der Waals surface area (Å²) in [5, 5.41) is 5.33. The zero-order valence-corrected chi connectivity index (χ0v) is 14.2. The average Bonchev–Trinajstić information content (AvgIpc) is 2.49. The van der Waals surface area contributed by atoms with Crippen LogP contribution < -0.4 is 10.6 Å². The van der Waals surface area contributed by atoms with Gasteiger partial charge < -0.3 is 14.8 Å². The predicted octanol–water partition coefficient (Wildman–Crippen LogP) is 3.70. The van der Waals surface area contributed by atoms with Crippen LogP contribution in [0.15, 0.2) is 24.3 Å². The molecule has 0 saturated carbocycles. The molecule has 128 valence electrons. The number of aryl methyl sites for hydroxylation is 1. The topological polar surface area (TPSA) is 76.7 Å². The van der Waals surface area contributed by atoms with Gasteiger partial charge in [-0.1, -0.05) is 32.9 Å². The maximum absolute atomic E-state index is 11.8.